The predicted molar refractivity (Wildman–Crippen MR) is 23.3 cm³/mol. The maximum atomic E-state index is 10.0. The van der Waals surface area contributed by atoms with Crippen LogP contribution in [-0.4, -0.2) is 19.7 Å². The van der Waals surface area contributed by atoms with Crippen LogP contribution < -0.4 is 0 Å². The van der Waals surface area contributed by atoms with Crippen LogP contribution in [0.15, 0.2) is 0 Å². The van der Waals surface area contributed by atoms with Gasteiger partial charge in [0.1, 0.15) is 13.7 Å². The Morgan fingerprint density at radius 2 is 2.43 bits per heavy atom. The molecular formula is C4H7O3. The molecule has 0 bridgehead atoms. The molecule has 0 aromatic heterocycles. The average molecular weight is 103 g/mol. The van der Waals surface area contributed by atoms with E-state index in [0.29, 0.717) is 0 Å². The Morgan fingerprint density at radius 3 is 2.57 bits per heavy atom. The van der Waals surface area contributed by atoms with Crippen LogP contribution in [0, 0.1) is 7.11 Å². The molecule has 0 aliphatic heterocycles. The first-order valence-corrected chi connectivity index (χ1v) is 1.75. The molecule has 0 rings (SSSR count). The third-order valence-corrected chi connectivity index (χ3v) is 0.423. The third-order valence-electron chi connectivity index (χ3n) is 0.423. The van der Waals surface area contributed by atoms with Gasteiger partial charge in [0, 0.05) is 7.11 Å². The van der Waals surface area contributed by atoms with Crippen molar-refractivity contribution in [2.45, 2.75) is 0 Å². The van der Waals surface area contributed by atoms with Crippen molar-refractivity contribution < 1.29 is 14.3 Å². The van der Waals surface area contributed by atoms with Crippen LogP contribution in [0.1, 0.15) is 0 Å². The quantitative estimate of drug-likeness (QED) is 0.460. The summed E-state index contributed by atoms with van der Waals surface area (Å²) in [4.78, 5) is 10.0. The molecule has 41 valence electrons. The highest BCUT2D eigenvalue weighted by Gasteiger charge is 1.93. The van der Waals surface area contributed by atoms with Crippen LogP contribution >= 0.6 is 0 Å². The van der Waals surface area contributed by atoms with Gasteiger partial charge in [-0.3, -0.25) is 0 Å². The van der Waals surface area contributed by atoms with Gasteiger partial charge in [0.05, 0.1) is 0 Å². The van der Waals surface area contributed by atoms with Gasteiger partial charge in [-0.25, -0.2) is 4.79 Å². The number of carbonyl (C=O) groups excluding carboxylic acids is 1. The van der Waals surface area contributed by atoms with E-state index in [1.807, 2.05) is 0 Å². The number of carbonyl (C=O) groups is 1. The highest BCUT2D eigenvalue weighted by molar-refractivity contribution is 5.70. The number of rotatable bonds is 2. The number of esters is 1. The first kappa shape index (κ1) is 6.43. The summed E-state index contributed by atoms with van der Waals surface area (Å²) in [6.07, 6.45) is 0. The topological polar surface area (TPSA) is 35.5 Å². The molecule has 0 unspecified atom stereocenters. The van der Waals surface area contributed by atoms with Crippen LogP contribution in [-0.2, 0) is 14.3 Å². The molecule has 0 aliphatic rings. The summed E-state index contributed by atoms with van der Waals surface area (Å²) in [5.41, 5.74) is 0. The SMILES string of the molecule is [CH2]OC(=O)COC. The molecule has 0 heterocycles. The number of methoxy groups -OCH3 is 1. The lowest BCUT2D eigenvalue weighted by Gasteiger charge is -1.92. The number of hydrogen-bond donors (Lipinski definition) is 0. The molecule has 0 saturated carbocycles. The second kappa shape index (κ2) is 3.61. The van der Waals surface area contributed by atoms with Crippen LogP contribution in [0.25, 0.3) is 0 Å². The molecule has 0 aliphatic carbocycles. The van der Waals surface area contributed by atoms with E-state index >= 15 is 0 Å². The molecule has 0 spiro atoms. The van der Waals surface area contributed by atoms with Crippen molar-refractivity contribution in [3.05, 3.63) is 7.11 Å². The van der Waals surface area contributed by atoms with Crippen molar-refractivity contribution in [3.63, 3.8) is 0 Å². The fourth-order valence-electron chi connectivity index (χ4n) is 0.160. The van der Waals surface area contributed by atoms with Gasteiger partial charge in [-0.15, -0.1) is 0 Å². The van der Waals surface area contributed by atoms with Crippen molar-refractivity contribution in [1.82, 2.24) is 0 Å². The second-order valence-corrected chi connectivity index (χ2v) is 0.949. The van der Waals surface area contributed by atoms with E-state index in [0.717, 1.165) is 0 Å². The molecule has 0 aromatic rings. The first-order valence-electron chi connectivity index (χ1n) is 1.75. The van der Waals surface area contributed by atoms with E-state index in [2.05, 4.69) is 16.6 Å². The molecule has 0 amide bonds. The minimum Gasteiger partial charge on any atom is -0.460 e. The Balaban J connectivity index is 3.00. The van der Waals surface area contributed by atoms with E-state index in [1.54, 1.807) is 0 Å². The lowest BCUT2D eigenvalue weighted by molar-refractivity contribution is -0.142. The molecule has 3 heteroatoms. The van der Waals surface area contributed by atoms with E-state index in [-0.39, 0.29) is 6.61 Å². The first-order chi connectivity index (χ1) is 3.31. The Kier molecular flexibility index (Phi) is 3.32. The summed E-state index contributed by atoms with van der Waals surface area (Å²) in [6.45, 7) is -0.0243. The normalized spacial score (nSPS) is 8.29. The lowest BCUT2D eigenvalue weighted by Crippen LogP contribution is -2.06. The fraction of sp³-hybridized carbons (Fsp3) is 0.500. The molecule has 0 atom stereocenters. The number of hydrogen-bond acceptors (Lipinski definition) is 3. The monoisotopic (exact) mass is 103 g/mol. The van der Waals surface area contributed by atoms with E-state index in [4.69, 9.17) is 0 Å². The Labute approximate surface area is 42.2 Å². The van der Waals surface area contributed by atoms with E-state index < -0.39 is 5.97 Å². The molecule has 0 N–H and O–H groups in total. The van der Waals surface area contributed by atoms with Crippen molar-refractivity contribution in [3.8, 4) is 0 Å². The molecular weight excluding hydrogens is 96.0 g/mol. The smallest absolute Gasteiger partial charge is 0.332 e. The molecule has 1 radical (unpaired) electrons. The largest absolute Gasteiger partial charge is 0.460 e. The van der Waals surface area contributed by atoms with Crippen molar-refractivity contribution >= 4 is 5.97 Å². The highest BCUT2D eigenvalue weighted by atomic mass is 16.6. The molecule has 0 fully saturated rings. The van der Waals surface area contributed by atoms with E-state index in [9.17, 15) is 4.79 Å². The summed E-state index contributed by atoms with van der Waals surface area (Å²) in [7, 11) is 4.29. The third kappa shape index (κ3) is 3.26. The molecule has 3 nitrogen and oxygen atoms in total. The zero-order valence-corrected chi connectivity index (χ0v) is 4.14. The summed E-state index contributed by atoms with van der Waals surface area (Å²) in [5, 5.41) is 0. The van der Waals surface area contributed by atoms with Crippen LogP contribution in [0.3, 0.4) is 0 Å². The molecule has 0 aromatic carbocycles. The average Bonchev–Trinajstić information content (AvgIpc) is 1.68. The van der Waals surface area contributed by atoms with Gasteiger partial charge in [0.25, 0.3) is 0 Å². The summed E-state index contributed by atoms with van der Waals surface area (Å²) in [5.74, 6) is -0.456. The van der Waals surface area contributed by atoms with Crippen LogP contribution in [0.2, 0.25) is 0 Å². The Hall–Kier alpha value is -0.570. The van der Waals surface area contributed by atoms with E-state index in [1.165, 1.54) is 7.11 Å². The van der Waals surface area contributed by atoms with Gasteiger partial charge in [-0.1, -0.05) is 0 Å². The fourth-order valence-corrected chi connectivity index (χ4v) is 0.160. The zero-order valence-electron chi connectivity index (χ0n) is 4.14. The second-order valence-electron chi connectivity index (χ2n) is 0.949. The van der Waals surface area contributed by atoms with Gasteiger partial charge < -0.3 is 9.47 Å². The molecule has 7 heavy (non-hydrogen) atoms. The van der Waals surface area contributed by atoms with Crippen molar-refractivity contribution in [1.29, 1.82) is 0 Å². The van der Waals surface area contributed by atoms with Gasteiger partial charge in [-0.05, 0) is 0 Å². The predicted octanol–water partition coefficient (Wildman–Crippen LogP) is -0.0324. The van der Waals surface area contributed by atoms with Gasteiger partial charge in [0.2, 0.25) is 0 Å². The Morgan fingerprint density at radius 1 is 1.86 bits per heavy atom. The summed E-state index contributed by atoms with van der Waals surface area (Å²) in [6, 6.07) is 0. The minimum absolute atomic E-state index is 0.0243. The summed E-state index contributed by atoms with van der Waals surface area (Å²) >= 11 is 0. The summed E-state index contributed by atoms with van der Waals surface area (Å²) < 4.78 is 8.36. The highest BCUT2D eigenvalue weighted by Crippen LogP contribution is 1.72. The van der Waals surface area contributed by atoms with Gasteiger partial charge in [-0.2, -0.15) is 0 Å². The Bertz CT molecular complexity index is 60.0. The number of ether oxygens (including phenoxy) is 2. The van der Waals surface area contributed by atoms with Gasteiger partial charge in [0.15, 0.2) is 0 Å². The van der Waals surface area contributed by atoms with Crippen molar-refractivity contribution in [2.75, 3.05) is 13.7 Å². The van der Waals surface area contributed by atoms with Gasteiger partial charge >= 0.3 is 5.97 Å². The standard InChI is InChI=1S/C4H7O3/c1-6-3-4(5)7-2/h2-3H2,1H3. The lowest BCUT2D eigenvalue weighted by atomic mass is 10.7. The zero-order chi connectivity index (χ0) is 5.70. The van der Waals surface area contributed by atoms with Crippen LogP contribution in [0.5, 0.6) is 0 Å². The molecule has 0 saturated heterocycles. The maximum Gasteiger partial charge on any atom is 0.332 e. The maximum absolute atomic E-state index is 10.0. The van der Waals surface area contributed by atoms with Crippen molar-refractivity contribution in [2.24, 2.45) is 0 Å². The minimum atomic E-state index is -0.456. The van der Waals surface area contributed by atoms with Crippen LogP contribution in [0.4, 0.5) is 0 Å².